The minimum absolute atomic E-state index is 0.0265. The van der Waals surface area contributed by atoms with E-state index in [2.05, 4.69) is 5.32 Å². The molecular weight excluding hydrogens is 368 g/mol. The molecule has 2 amide bonds. The fourth-order valence-electron chi connectivity index (χ4n) is 3.86. The van der Waals surface area contributed by atoms with Crippen LogP contribution in [0.1, 0.15) is 36.5 Å². The van der Waals surface area contributed by atoms with Crippen molar-refractivity contribution in [2.24, 2.45) is 5.92 Å². The van der Waals surface area contributed by atoms with Gasteiger partial charge in [-0.25, -0.2) is 0 Å². The van der Waals surface area contributed by atoms with Gasteiger partial charge in [-0.05, 0) is 43.7 Å². The summed E-state index contributed by atoms with van der Waals surface area (Å²) in [6, 6.07) is 11.4. The molecule has 1 heterocycles. The summed E-state index contributed by atoms with van der Waals surface area (Å²) in [5, 5.41) is 4.77. The number of fused-ring (bicyclic) bond motifs is 1. The van der Waals surface area contributed by atoms with Gasteiger partial charge in [-0.1, -0.05) is 24.3 Å². The summed E-state index contributed by atoms with van der Waals surface area (Å²) in [5.41, 5.74) is 0.652. The third-order valence-corrected chi connectivity index (χ3v) is 5.38. The molecule has 1 fully saturated rings. The highest BCUT2D eigenvalue weighted by Gasteiger charge is 2.29. The maximum absolute atomic E-state index is 13.3. The molecule has 156 valence electrons. The van der Waals surface area contributed by atoms with Gasteiger partial charge in [0.05, 0.1) is 13.0 Å². The molecule has 0 bridgehead atoms. The lowest BCUT2D eigenvalue weighted by molar-refractivity contribution is -0.126. The Labute approximate surface area is 172 Å². The summed E-state index contributed by atoms with van der Waals surface area (Å²) in [7, 11) is 1.63. The molecule has 6 nitrogen and oxygen atoms in total. The van der Waals surface area contributed by atoms with Gasteiger partial charge >= 0.3 is 0 Å². The third-order valence-electron chi connectivity index (χ3n) is 5.38. The largest absolute Gasteiger partial charge is 0.496 e. The van der Waals surface area contributed by atoms with Gasteiger partial charge < -0.3 is 19.7 Å². The fourth-order valence-corrected chi connectivity index (χ4v) is 3.86. The predicted octanol–water partition coefficient (Wildman–Crippen LogP) is 3.24. The van der Waals surface area contributed by atoms with Crippen molar-refractivity contribution in [3.05, 3.63) is 42.0 Å². The van der Waals surface area contributed by atoms with E-state index in [0.717, 1.165) is 35.8 Å². The van der Waals surface area contributed by atoms with E-state index in [4.69, 9.17) is 9.47 Å². The third kappa shape index (κ3) is 5.07. The number of likely N-dealkylation sites (tertiary alicyclic amines) is 1. The van der Waals surface area contributed by atoms with Crippen molar-refractivity contribution < 1.29 is 19.1 Å². The Hall–Kier alpha value is -2.60. The van der Waals surface area contributed by atoms with Gasteiger partial charge in [0.1, 0.15) is 5.75 Å². The average molecular weight is 399 g/mol. The molecule has 0 saturated carbocycles. The van der Waals surface area contributed by atoms with Crippen LogP contribution in [0, 0.1) is 5.92 Å². The zero-order chi connectivity index (χ0) is 20.6. The lowest BCUT2D eigenvalue weighted by Crippen LogP contribution is -2.45. The number of amides is 2. The van der Waals surface area contributed by atoms with Crippen molar-refractivity contribution in [1.29, 1.82) is 0 Å². The second kappa shape index (κ2) is 10.3. The van der Waals surface area contributed by atoms with Crippen LogP contribution in [0.25, 0.3) is 10.8 Å². The first-order chi connectivity index (χ1) is 14.2. The minimum Gasteiger partial charge on any atom is -0.496 e. The number of carbonyl (C=O) groups is 2. The van der Waals surface area contributed by atoms with Crippen LogP contribution in [-0.4, -0.2) is 56.7 Å². The smallest absolute Gasteiger partial charge is 0.254 e. The number of nitrogens with one attached hydrogen (secondary N) is 1. The number of hydrogen-bond acceptors (Lipinski definition) is 4. The summed E-state index contributed by atoms with van der Waals surface area (Å²) in [5.74, 6) is 0.584. The Kier molecular flexibility index (Phi) is 7.47. The standard InChI is InChI=1S/C23H30N2O4/c1-3-29-15-7-13-24-22(26)17-8-6-14-25(16-17)23(27)20-11-12-21(28-2)19-10-5-4-9-18(19)20/h4-5,9-12,17H,3,6-8,13-16H2,1-2H3,(H,24,26)/t17-/m0/s1. The molecule has 1 aliphatic rings. The number of piperidine rings is 1. The molecule has 2 aromatic rings. The van der Waals surface area contributed by atoms with E-state index in [0.29, 0.717) is 38.4 Å². The summed E-state index contributed by atoms with van der Waals surface area (Å²) >= 11 is 0. The van der Waals surface area contributed by atoms with Crippen molar-refractivity contribution in [3.63, 3.8) is 0 Å². The first-order valence-corrected chi connectivity index (χ1v) is 10.4. The quantitative estimate of drug-likeness (QED) is 0.693. The second-order valence-electron chi connectivity index (χ2n) is 7.29. The number of rotatable bonds is 8. The van der Waals surface area contributed by atoms with Crippen molar-refractivity contribution in [1.82, 2.24) is 10.2 Å². The zero-order valence-corrected chi connectivity index (χ0v) is 17.3. The second-order valence-corrected chi connectivity index (χ2v) is 7.29. The molecule has 6 heteroatoms. The van der Waals surface area contributed by atoms with Crippen molar-refractivity contribution >= 4 is 22.6 Å². The van der Waals surface area contributed by atoms with Crippen LogP contribution in [0.5, 0.6) is 5.75 Å². The SMILES string of the molecule is CCOCCCNC(=O)[C@H]1CCCN(C(=O)c2ccc(OC)c3ccccc23)C1. The molecule has 0 radical (unpaired) electrons. The molecule has 0 spiro atoms. The van der Waals surface area contributed by atoms with Crippen LogP contribution in [0.15, 0.2) is 36.4 Å². The molecule has 1 N–H and O–H groups in total. The molecule has 0 aromatic heterocycles. The molecule has 1 atom stereocenters. The van der Waals surface area contributed by atoms with E-state index < -0.39 is 0 Å². The number of benzene rings is 2. The van der Waals surface area contributed by atoms with Gasteiger partial charge in [-0.3, -0.25) is 9.59 Å². The van der Waals surface area contributed by atoms with E-state index in [1.807, 2.05) is 48.2 Å². The maximum Gasteiger partial charge on any atom is 0.254 e. The number of methoxy groups -OCH3 is 1. The highest BCUT2D eigenvalue weighted by atomic mass is 16.5. The molecule has 3 rings (SSSR count). The van der Waals surface area contributed by atoms with Crippen molar-refractivity contribution in [2.75, 3.05) is 40.0 Å². The predicted molar refractivity (Wildman–Crippen MR) is 113 cm³/mol. The molecule has 1 aliphatic heterocycles. The van der Waals surface area contributed by atoms with E-state index in [9.17, 15) is 9.59 Å². The lowest BCUT2D eigenvalue weighted by Gasteiger charge is -2.32. The Morgan fingerprint density at radius 1 is 1.17 bits per heavy atom. The normalized spacial score (nSPS) is 16.6. The Morgan fingerprint density at radius 2 is 1.97 bits per heavy atom. The first kappa shape index (κ1) is 21.1. The van der Waals surface area contributed by atoms with Gasteiger partial charge in [-0.2, -0.15) is 0 Å². The molecular formula is C23H30N2O4. The van der Waals surface area contributed by atoms with Crippen molar-refractivity contribution in [3.8, 4) is 5.75 Å². The van der Waals surface area contributed by atoms with Crippen LogP contribution in [0.4, 0.5) is 0 Å². The van der Waals surface area contributed by atoms with Gasteiger partial charge in [-0.15, -0.1) is 0 Å². The van der Waals surface area contributed by atoms with E-state index in [1.54, 1.807) is 7.11 Å². The van der Waals surface area contributed by atoms with E-state index in [1.165, 1.54) is 0 Å². The topological polar surface area (TPSA) is 67.9 Å². The Morgan fingerprint density at radius 3 is 2.72 bits per heavy atom. The number of hydrogen-bond donors (Lipinski definition) is 1. The fraction of sp³-hybridized carbons (Fsp3) is 0.478. The average Bonchev–Trinajstić information content (AvgIpc) is 2.77. The number of nitrogens with zero attached hydrogens (tertiary/aromatic N) is 1. The van der Waals surface area contributed by atoms with E-state index >= 15 is 0 Å². The Balaban J connectivity index is 1.67. The molecule has 0 aliphatic carbocycles. The van der Waals surface area contributed by atoms with Crippen molar-refractivity contribution in [2.45, 2.75) is 26.2 Å². The van der Waals surface area contributed by atoms with E-state index in [-0.39, 0.29) is 17.7 Å². The summed E-state index contributed by atoms with van der Waals surface area (Å²) in [6.07, 6.45) is 2.44. The van der Waals surface area contributed by atoms with Crippen LogP contribution >= 0.6 is 0 Å². The monoisotopic (exact) mass is 398 g/mol. The summed E-state index contributed by atoms with van der Waals surface area (Å²) < 4.78 is 10.7. The lowest BCUT2D eigenvalue weighted by atomic mass is 9.95. The molecule has 1 saturated heterocycles. The molecule has 2 aromatic carbocycles. The first-order valence-electron chi connectivity index (χ1n) is 10.4. The van der Waals surface area contributed by atoms with Gasteiger partial charge in [0.15, 0.2) is 0 Å². The maximum atomic E-state index is 13.3. The summed E-state index contributed by atoms with van der Waals surface area (Å²) in [6.45, 7) is 5.03. The van der Waals surface area contributed by atoms with Gasteiger partial charge in [0, 0.05) is 43.8 Å². The van der Waals surface area contributed by atoms with Crippen LogP contribution in [0.2, 0.25) is 0 Å². The van der Waals surface area contributed by atoms with Gasteiger partial charge in [0.25, 0.3) is 5.91 Å². The molecule has 29 heavy (non-hydrogen) atoms. The highest BCUT2D eigenvalue weighted by molar-refractivity contribution is 6.08. The summed E-state index contributed by atoms with van der Waals surface area (Å²) in [4.78, 5) is 27.6. The van der Waals surface area contributed by atoms with Crippen LogP contribution in [0.3, 0.4) is 0 Å². The Bertz CT molecular complexity index is 852. The minimum atomic E-state index is -0.163. The highest BCUT2D eigenvalue weighted by Crippen LogP contribution is 2.30. The zero-order valence-electron chi connectivity index (χ0n) is 17.3. The van der Waals surface area contributed by atoms with Crippen LogP contribution in [-0.2, 0) is 9.53 Å². The molecule has 0 unspecified atom stereocenters. The number of carbonyl (C=O) groups excluding carboxylic acids is 2. The number of ether oxygens (including phenoxy) is 2. The van der Waals surface area contributed by atoms with Gasteiger partial charge in [0.2, 0.25) is 5.91 Å². The van der Waals surface area contributed by atoms with Crippen LogP contribution < -0.4 is 10.1 Å².